The van der Waals surface area contributed by atoms with Gasteiger partial charge in [-0.25, -0.2) is 9.78 Å². The van der Waals surface area contributed by atoms with E-state index in [9.17, 15) is 9.59 Å². The van der Waals surface area contributed by atoms with Gasteiger partial charge in [0, 0.05) is 47.4 Å². The molecule has 1 aliphatic rings. The minimum Gasteiger partial charge on any atom is -0.493 e. The number of ether oxygens (including phenoxy) is 3. The highest BCUT2D eigenvalue weighted by Gasteiger charge is 2.24. The Morgan fingerprint density at radius 3 is 2.52 bits per heavy atom. The van der Waals surface area contributed by atoms with E-state index in [-0.39, 0.29) is 35.6 Å². The molecule has 11 heteroatoms. The van der Waals surface area contributed by atoms with Crippen LogP contribution in [0.5, 0.6) is 11.5 Å². The molecule has 1 saturated carbocycles. The molecule has 228 valence electrons. The van der Waals surface area contributed by atoms with Crippen molar-refractivity contribution in [3.05, 3.63) is 80.8 Å². The Hall–Kier alpha value is -5.08. The van der Waals surface area contributed by atoms with Crippen molar-refractivity contribution in [2.24, 2.45) is 5.73 Å². The molecule has 4 aromatic rings. The molecule has 1 aliphatic carbocycles. The monoisotopic (exact) mass is 596 g/mol. The first kappa shape index (κ1) is 30.4. The molecule has 0 atom stereocenters. The summed E-state index contributed by atoms with van der Waals surface area (Å²) in [7, 11) is 3.12. The minimum atomic E-state index is -0.627. The van der Waals surface area contributed by atoms with Gasteiger partial charge >= 0.3 is 5.97 Å². The van der Waals surface area contributed by atoms with Crippen LogP contribution in [-0.2, 0) is 11.2 Å². The van der Waals surface area contributed by atoms with Gasteiger partial charge in [-0.3, -0.25) is 4.79 Å². The number of aromatic nitrogens is 3. The van der Waals surface area contributed by atoms with Crippen LogP contribution < -0.4 is 32.1 Å². The fourth-order valence-electron chi connectivity index (χ4n) is 5.61. The molecule has 1 fully saturated rings. The van der Waals surface area contributed by atoms with E-state index in [2.05, 4.69) is 21.8 Å². The number of nitrogens with zero attached hydrogens (tertiary/aromatic N) is 3. The number of rotatable bonds is 7. The number of benzene rings is 2. The summed E-state index contributed by atoms with van der Waals surface area (Å²) in [5.74, 6) is 7.22. The number of carbonyl (C=O) groups is 1. The van der Waals surface area contributed by atoms with Gasteiger partial charge in [0.05, 0.1) is 31.9 Å². The highest BCUT2D eigenvalue weighted by molar-refractivity contribution is 5.94. The van der Waals surface area contributed by atoms with Gasteiger partial charge in [0.2, 0.25) is 11.4 Å². The van der Waals surface area contributed by atoms with Crippen LogP contribution in [0.25, 0.3) is 10.9 Å². The highest BCUT2D eigenvalue weighted by atomic mass is 16.5. The third kappa shape index (κ3) is 6.31. The second-order valence-electron chi connectivity index (χ2n) is 10.7. The number of hydrogen-bond donors (Lipinski definition) is 3. The number of methoxy groups -OCH3 is 2. The van der Waals surface area contributed by atoms with Crippen LogP contribution in [0, 0.1) is 11.8 Å². The Balaban J connectivity index is 1.58. The number of pyridine rings is 1. The van der Waals surface area contributed by atoms with Gasteiger partial charge in [-0.05, 0) is 68.5 Å². The van der Waals surface area contributed by atoms with Gasteiger partial charge in [-0.2, -0.15) is 4.98 Å². The van der Waals surface area contributed by atoms with Crippen molar-refractivity contribution < 1.29 is 19.0 Å². The van der Waals surface area contributed by atoms with E-state index < -0.39 is 5.97 Å². The lowest BCUT2D eigenvalue weighted by molar-refractivity contribution is 0.0524. The van der Waals surface area contributed by atoms with Crippen LogP contribution in [0.1, 0.15) is 71.3 Å². The van der Waals surface area contributed by atoms with Crippen molar-refractivity contribution in [2.75, 3.05) is 32.3 Å². The molecule has 0 saturated heterocycles. The molecule has 0 amide bonds. The smallest absolute Gasteiger partial charge is 0.343 e. The average molecular weight is 597 g/mol. The van der Waals surface area contributed by atoms with E-state index in [0.29, 0.717) is 51.3 Å². The summed E-state index contributed by atoms with van der Waals surface area (Å²) >= 11 is 0. The number of fused-ring (bicyclic) bond motifs is 1. The first-order chi connectivity index (χ1) is 21.2. The minimum absolute atomic E-state index is 0.0221. The molecule has 2 aromatic carbocycles. The standard InChI is InChI=1S/C33H36N6O5/c1-4-44-32(41)26-18-39(24-10-8-23(34)9-11-24)27-15-19(6-12-25(27)29(26)40)5-7-21-13-20(16-28(42-2)30(21)43-3)14-22-17-37-33(36)38-31(22)35/h6,12-13,15-18,23-24H,4,8-11,14,34H2,1-3H3,(H4,35,36,37,38)/t23-,24-. The molecule has 0 spiro atoms. The molecular formula is C33H36N6O5. The second-order valence-corrected chi connectivity index (χ2v) is 10.7. The molecule has 2 heterocycles. The summed E-state index contributed by atoms with van der Waals surface area (Å²) < 4.78 is 18.5. The first-order valence-corrected chi connectivity index (χ1v) is 14.5. The lowest BCUT2D eigenvalue weighted by atomic mass is 9.91. The normalized spacial score (nSPS) is 16.2. The predicted molar refractivity (Wildman–Crippen MR) is 169 cm³/mol. The third-order valence-electron chi connectivity index (χ3n) is 7.85. The Morgan fingerprint density at radius 2 is 1.84 bits per heavy atom. The fraction of sp³-hybridized carbons (Fsp3) is 0.333. The molecule has 44 heavy (non-hydrogen) atoms. The zero-order valence-electron chi connectivity index (χ0n) is 25.1. The molecule has 5 rings (SSSR count). The first-order valence-electron chi connectivity index (χ1n) is 14.5. The van der Waals surface area contributed by atoms with E-state index in [1.54, 1.807) is 45.7 Å². The summed E-state index contributed by atoms with van der Waals surface area (Å²) in [6.07, 6.45) is 7.05. The lowest BCUT2D eigenvalue weighted by Crippen LogP contribution is -2.29. The maximum Gasteiger partial charge on any atom is 0.343 e. The number of carbonyl (C=O) groups excluding carboxylic acids is 1. The Kier molecular flexibility index (Phi) is 9.01. The largest absolute Gasteiger partial charge is 0.493 e. The molecule has 0 bridgehead atoms. The van der Waals surface area contributed by atoms with E-state index in [4.69, 9.17) is 31.4 Å². The molecule has 0 aliphatic heterocycles. The number of anilines is 2. The zero-order chi connectivity index (χ0) is 31.4. The predicted octanol–water partition coefficient (Wildman–Crippen LogP) is 3.58. The van der Waals surface area contributed by atoms with Gasteiger partial charge in [0.1, 0.15) is 11.4 Å². The average Bonchev–Trinajstić information content (AvgIpc) is 3.02. The molecule has 0 unspecified atom stereocenters. The molecular weight excluding hydrogens is 560 g/mol. The SMILES string of the molecule is CCOC(=O)c1cn([C@H]2CC[C@H](N)CC2)c2cc(C#Cc3cc(Cc4cnc(N)nc4N)cc(OC)c3OC)ccc2c1=O. The van der Waals surface area contributed by atoms with Crippen molar-refractivity contribution >= 4 is 28.6 Å². The van der Waals surface area contributed by atoms with Crippen LogP contribution in [0.2, 0.25) is 0 Å². The van der Waals surface area contributed by atoms with Gasteiger partial charge in [-0.15, -0.1) is 0 Å². The van der Waals surface area contributed by atoms with E-state index in [1.807, 2.05) is 22.8 Å². The topological polar surface area (TPSA) is 171 Å². The third-order valence-corrected chi connectivity index (χ3v) is 7.85. The molecule has 0 radical (unpaired) electrons. The van der Waals surface area contributed by atoms with Crippen LogP contribution in [0.4, 0.5) is 11.8 Å². The fourth-order valence-corrected chi connectivity index (χ4v) is 5.61. The van der Waals surface area contributed by atoms with Crippen LogP contribution in [0.15, 0.2) is 47.5 Å². The van der Waals surface area contributed by atoms with Crippen molar-refractivity contribution in [3.8, 4) is 23.3 Å². The van der Waals surface area contributed by atoms with Crippen LogP contribution in [-0.4, -0.2) is 47.4 Å². The highest BCUT2D eigenvalue weighted by Crippen LogP contribution is 2.34. The quantitative estimate of drug-likeness (QED) is 0.212. The Labute approximate surface area is 255 Å². The summed E-state index contributed by atoms with van der Waals surface area (Å²) in [5, 5.41) is 0.431. The van der Waals surface area contributed by atoms with Crippen molar-refractivity contribution in [2.45, 2.75) is 51.1 Å². The van der Waals surface area contributed by atoms with Crippen molar-refractivity contribution in [3.63, 3.8) is 0 Å². The summed E-state index contributed by atoms with van der Waals surface area (Å²) in [4.78, 5) is 34.2. The van der Waals surface area contributed by atoms with E-state index in [1.165, 1.54) is 0 Å². The lowest BCUT2D eigenvalue weighted by Gasteiger charge is -2.29. The second kappa shape index (κ2) is 13.1. The van der Waals surface area contributed by atoms with Crippen LogP contribution >= 0.6 is 0 Å². The number of nitrogens with two attached hydrogens (primary N) is 3. The van der Waals surface area contributed by atoms with Crippen molar-refractivity contribution in [1.82, 2.24) is 14.5 Å². The molecule has 6 N–H and O–H groups in total. The Bertz CT molecular complexity index is 1830. The number of esters is 1. The maximum atomic E-state index is 13.4. The van der Waals surface area contributed by atoms with Gasteiger partial charge in [0.15, 0.2) is 11.5 Å². The number of nitrogen functional groups attached to an aromatic ring is 2. The molecule has 2 aromatic heterocycles. The van der Waals surface area contributed by atoms with E-state index >= 15 is 0 Å². The zero-order valence-corrected chi connectivity index (χ0v) is 25.1. The summed E-state index contributed by atoms with van der Waals surface area (Å²) in [6, 6.07) is 9.35. The van der Waals surface area contributed by atoms with Crippen molar-refractivity contribution in [1.29, 1.82) is 0 Å². The van der Waals surface area contributed by atoms with Gasteiger partial charge in [0.25, 0.3) is 0 Å². The van der Waals surface area contributed by atoms with Crippen LogP contribution in [0.3, 0.4) is 0 Å². The van der Waals surface area contributed by atoms with E-state index in [0.717, 1.165) is 31.2 Å². The number of hydrogen-bond acceptors (Lipinski definition) is 10. The summed E-state index contributed by atoms with van der Waals surface area (Å²) in [6.45, 7) is 1.90. The Morgan fingerprint density at radius 1 is 1.07 bits per heavy atom. The van der Waals surface area contributed by atoms with Gasteiger partial charge in [-0.1, -0.05) is 11.8 Å². The maximum absolute atomic E-state index is 13.4. The van der Waals surface area contributed by atoms with Gasteiger partial charge < -0.3 is 36.0 Å². The summed E-state index contributed by atoms with van der Waals surface area (Å²) in [5.41, 5.74) is 21.1. The molecule has 11 nitrogen and oxygen atoms in total.